The van der Waals surface area contributed by atoms with Crippen molar-refractivity contribution < 1.29 is 19.1 Å². The number of likely N-dealkylation sites (tertiary alicyclic amines) is 1. The van der Waals surface area contributed by atoms with E-state index < -0.39 is 12.1 Å². The zero-order valence-corrected chi connectivity index (χ0v) is 23.2. The highest BCUT2D eigenvalue weighted by Crippen LogP contribution is 2.32. The number of methoxy groups -OCH3 is 1. The first kappa shape index (κ1) is 27.9. The first-order valence-corrected chi connectivity index (χ1v) is 13.9. The van der Waals surface area contributed by atoms with Crippen molar-refractivity contribution in [1.82, 2.24) is 10.2 Å². The Hall–Kier alpha value is -4.62. The summed E-state index contributed by atoms with van der Waals surface area (Å²) in [6, 6.07) is 34.8. The van der Waals surface area contributed by atoms with E-state index in [0.29, 0.717) is 23.9 Å². The third-order valence-corrected chi connectivity index (χ3v) is 7.26. The molecule has 2 amide bonds. The Balaban J connectivity index is 1.23. The number of esters is 1. The Morgan fingerprint density at radius 2 is 1.51 bits per heavy atom. The predicted octanol–water partition coefficient (Wildman–Crippen LogP) is 6.29. The van der Waals surface area contributed by atoms with Gasteiger partial charge in [0.15, 0.2) is 0 Å². The van der Waals surface area contributed by atoms with Crippen LogP contribution in [0.5, 0.6) is 5.75 Å². The molecule has 1 fully saturated rings. The number of nitrogens with one attached hydrogen (secondary N) is 2. The maximum atomic E-state index is 12.8. The first-order valence-electron chi connectivity index (χ1n) is 13.9. The van der Waals surface area contributed by atoms with Crippen molar-refractivity contribution in [3.8, 4) is 5.75 Å². The van der Waals surface area contributed by atoms with E-state index in [9.17, 15) is 9.59 Å². The molecule has 1 saturated heterocycles. The second-order valence-corrected chi connectivity index (χ2v) is 10.2. The van der Waals surface area contributed by atoms with Crippen molar-refractivity contribution in [2.75, 3.05) is 32.1 Å². The second-order valence-electron chi connectivity index (χ2n) is 10.2. The number of rotatable bonds is 10. The van der Waals surface area contributed by atoms with Gasteiger partial charge < -0.3 is 20.1 Å². The van der Waals surface area contributed by atoms with Crippen LogP contribution >= 0.6 is 0 Å². The van der Waals surface area contributed by atoms with Gasteiger partial charge in [0.1, 0.15) is 17.4 Å². The SMILES string of the molecule is COC(=O)c1cc(NC(=O)NCC2CCN(Cc3ccccc3)C2)ccc1OC(c1ccccc1)c1ccccc1. The molecule has 1 heterocycles. The summed E-state index contributed by atoms with van der Waals surface area (Å²) >= 11 is 0. The number of carbonyl (C=O) groups is 2. The van der Waals surface area contributed by atoms with Gasteiger partial charge >= 0.3 is 12.0 Å². The molecule has 4 aromatic carbocycles. The molecule has 4 aromatic rings. The number of hydrogen-bond acceptors (Lipinski definition) is 5. The van der Waals surface area contributed by atoms with Crippen LogP contribution in [0.2, 0.25) is 0 Å². The summed E-state index contributed by atoms with van der Waals surface area (Å²) in [5.41, 5.74) is 3.90. The fraction of sp³-hybridized carbons (Fsp3) is 0.235. The van der Waals surface area contributed by atoms with Crippen molar-refractivity contribution in [1.29, 1.82) is 0 Å². The second kappa shape index (κ2) is 13.6. The molecule has 0 radical (unpaired) electrons. The van der Waals surface area contributed by atoms with Crippen molar-refractivity contribution in [3.05, 3.63) is 131 Å². The van der Waals surface area contributed by atoms with Crippen LogP contribution in [0.1, 0.15) is 39.6 Å². The fourth-order valence-electron chi connectivity index (χ4n) is 5.17. The highest BCUT2D eigenvalue weighted by atomic mass is 16.5. The van der Waals surface area contributed by atoms with E-state index in [1.54, 1.807) is 18.2 Å². The van der Waals surface area contributed by atoms with Crippen LogP contribution in [0.4, 0.5) is 10.5 Å². The molecule has 0 aliphatic carbocycles. The number of amides is 2. The van der Waals surface area contributed by atoms with E-state index >= 15 is 0 Å². The number of nitrogens with zero attached hydrogens (tertiary/aromatic N) is 1. The average molecular weight is 550 g/mol. The molecule has 5 rings (SSSR count). The summed E-state index contributed by atoms with van der Waals surface area (Å²) in [5, 5.41) is 5.84. The van der Waals surface area contributed by atoms with E-state index in [-0.39, 0.29) is 11.6 Å². The number of carbonyl (C=O) groups excluding carboxylic acids is 2. The Morgan fingerprint density at radius 1 is 0.878 bits per heavy atom. The molecular formula is C34H35N3O4. The third kappa shape index (κ3) is 7.52. The highest BCUT2D eigenvalue weighted by molar-refractivity contribution is 5.96. The van der Waals surface area contributed by atoms with Crippen molar-refractivity contribution in [3.63, 3.8) is 0 Å². The quantitative estimate of drug-likeness (QED) is 0.228. The van der Waals surface area contributed by atoms with E-state index in [4.69, 9.17) is 9.47 Å². The molecule has 0 spiro atoms. The minimum absolute atomic E-state index is 0.231. The topological polar surface area (TPSA) is 79.9 Å². The van der Waals surface area contributed by atoms with Crippen molar-refractivity contribution in [2.24, 2.45) is 5.92 Å². The lowest BCUT2D eigenvalue weighted by Gasteiger charge is -2.22. The van der Waals surface area contributed by atoms with E-state index in [0.717, 1.165) is 37.2 Å². The third-order valence-electron chi connectivity index (χ3n) is 7.26. The Kier molecular flexibility index (Phi) is 9.29. The standard InChI is InChI=1S/C34H35N3O4/c1-40-33(38)30-21-29(36-34(39)35-22-26-19-20-37(24-26)23-25-11-5-2-6-12-25)17-18-31(30)41-32(27-13-7-3-8-14-27)28-15-9-4-10-16-28/h2-18,21,26,32H,19-20,22-24H2,1H3,(H2,35,36,39). The molecule has 41 heavy (non-hydrogen) atoms. The first-order chi connectivity index (χ1) is 20.1. The molecule has 1 unspecified atom stereocenters. The van der Waals surface area contributed by atoms with Crippen LogP contribution in [-0.2, 0) is 11.3 Å². The van der Waals surface area contributed by atoms with Gasteiger partial charge in [0.05, 0.1) is 7.11 Å². The molecular weight excluding hydrogens is 514 g/mol. The van der Waals surface area contributed by atoms with Crippen LogP contribution in [0.15, 0.2) is 109 Å². The molecule has 2 N–H and O–H groups in total. The molecule has 7 nitrogen and oxygen atoms in total. The Bertz CT molecular complexity index is 1390. The van der Waals surface area contributed by atoms with Crippen LogP contribution in [0.25, 0.3) is 0 Å². The lowest BCUT2D eigenvalue weighted by Crippen LogP contribution is -2.34. The summed E-state index contributed by atoms with van der Waals surface area (Å²) < 4.78 is 11.5. The van der Waals surface area contributed by atoms with Crippen LogP contribution < -0.4 is 15.4 Å². The van der Waals surface area contributed by atoms with Gasteiger partial charge in [-0.2, -0.15) is 0 Å². The Morgan fingerprint density at radius 3 is 2.15 bits per heavy atom. The summed E-state index contributed by atoms with van der Waals surface area (Å²) in [6.45, 7) is 3.46. The largest absolute Gasteiger partial charge is 0.480 e. The van der Waals surface area contributed by atoms with Gasteiger partial charge in [-0.3, -0.25) is 4.90 Å². The van der Waals surface area contributed by atoms with Crippen molar-refractivity contribution >= 4 is 17.7 Å². The Labute approximate surface area is 241 Å². The van der Waals surface area contributed by atoms with Crippen LogP contribution in [-0.4, -0.2) is 43.6 Å². The minimum Gasteiger partial charge on any atom is -0.480 e. The van der Waals surface area contributed by atoms with Gasteiger partial charge in [0.2, 0.25) is 0 Å². The zero-order chi connectivity index (χ0) is 28.4. The molecule has 1 aliphatic heterocycles. The summed E-state index contributed by atoms with van der Waals surface area (Å²) in [6.07, 6.45) is 0.603. The average Bonchev–Trinajstić information content (AvgIpc) is 3.47. The number of benzene rings is 4. The van der Waals surface area contributed by atoms with Crippen molar-refractivity contribution in [2.45, 2.75) is 19.1 Å². The molecule has 7 heteroatoms. The molecule has 1 atom stereocenters. The van der Waals surface area contributed by atoms with Crippen LogP contribution in [0, 0.1) is 5.92 Å². The fourth-order valence-corrected chi connectivity index (χ4v) is 5.17. The number of urea groups is 1. The maximum absolute atomic E-state index is 12.8. The predicted molar refractivity (Wildman–Crippen MR) is 160 cm³/mol. The molecule has 1 aliphatic rings. The molecule has 210 valence electrons. The number of hydrogen-bond donors (Lipinski definition) is 2. The van der Waals surface area contributed by atoms with E-state index in [2.05, 4.69) is 39.8 Å². The van der Waals surface area contributed by atoms with Gasteiger partial charge in [-0.05, 0) is 53.8 Å². The number of anilines is 1. The zero-order valence-electron chi connectivity index (χ0n) is 23.2. The lowest BCUT2D eigenvalue weighted by atomic mass is 10.0. The smallest absolute Gasteiger partial charge is 0.341 e. The van der Waals surface area contributed by atoms with E-state index in [1.807, 2.05) is 66.7 Å². The maximum Gasteiger partial charge on any atom is 0.341 e. The monoisotopic (exact) mass is 549 g/mol. The van der Waals surface area contributed by atoms with Gasteiger partial charge in [0, 0.05) is 25.3 Å². The molecule has 0 aromatic heterocycles. The van der Waals surface area contributed by atoms with Gasteiger partial charge in [-0.25, -0.2) is 9.59 Å². The van der Waals surface area contributed by atoms with Gasteiger partial charge in [-0.1, -0.05) is 91.0 Å². The molecule has 0 bridgehead atoms. The summed E-state index contributed by atoms with van der Waals surface area (Å²) in [4.78, 5) is 27.9. The minimum atomic E-state index is -0.548. The lowest BCUT2D eigenvalue weighted by molar-refractivity contribution is 0.0594. The summed E-state index contributed by atoms with van der Waals surface area (Å²) in [5.74, 6) is 0.206. The van der Waals surface area contributed by atoms with E-state index in [1.165, 1.54) is 12.7 Å². The summed E-state index contributed by atoms with van der Waals surface area (Å²) in [7, 11) is 1.33. The van der Waals surface area contributed by atoms with Gasteiger partial charge in [0.25, 0.3) is 0 Å². The normalized spacial score (nSPS) is 14.9. The highest BCUT2D eigenvalue weighted by Gasteiger charge is 2.24. The molecule has 0 saturated carbocycles. The van der Waals surface area contributed by atoms with Crippen LogP contribution in [0.3, 0.4) is 0 Å². The number of ether oxygens (including phenoxy) is 2. The van der Waals surface area contributed by atoms with Gasteiger partial charge in [-0.15, -0.1) is 0 Å².